The molecule has 1 aliphatic heterocycles. The van der Waals surface area contributed by atoms with Crippen molar-refractivity contribution in [1.82, 2.24) is 5.32 Å². The minimum atomic E-state index is -4.26. The predicted octanol–water partition coefficient (Wildman–Crippen LogP) is 0.628. The number of nitrogens with one attached hydrogen (secondary N) is 1. The molecule has 0 aromatic heterocycles. The Hall–Kier alpha value is -0.290. The average molecular weight is 168 g/mol. The van der Waals surface area contributed by atoms with Crippen molar-refractivity contribution in [1.29, 1.82) is 0 Å². The standard InChI is InChI=1S/C6H11F3N2/c7-6(8,9)5(10)4-2-1-3-11-4/h4-5,11H,1-3,10H2/t4-,5+/m0/s1. The lowest BCUT2D eigenvalue weighted by molar-refractivity contribution is -0.152. The van der Waals surface area contributed by atoms with Gasteiger partial charge in [0.1, 0.15) is 6.04 Å². The first-order chi connectivity index (χ1) is 5.02. The van der Waals surface area contributed by atoms with E-state index < -0.39 is 18.3 Å². The van der Waals surface area contributed by atoms with Gasteiger partial charge in [0.15, 0.2) is 0 Å². The van der Waals surface area contributed by atoms with Gasteiger partial charge in [-0.3, -0.25) is 0 Å². The summed E-state index contributed by atoms with van der Waals surface area (Å²) >= 11 is 0. The molecule has 0 radical (unpaired) electrons. The second-order valence-corrected chi connectivity index (χ2v) is 2.77. The number of rotatable bonds is 1. The molecule has 0 saturated carbocycles. The fourth-order valence-corrected chi connectivity index (χ4v) is 1.25. The van der Waals surface area contributed by atoms with Crippen LogP contribution >= 0.6 is 0 Å². The van der Waals surface area contributed by atoms with Crippen LogP contribution in [0.15, 0.2) is 0 Å². The van der Waals surface area contributed by atoms with Crippen LogP contribution in [0.4, 0.5) is 13.2 Å². The molecule has 1 heterocycles. The highest BCUT2D eigenvalue weighted by Crippen LogP contribution is 2.24. The zero-order chi connectivity index (χ0) is 8.48. The van der Waals surface area contributed by atoms with Crippen LogP contribution in [-0.2, 0) is 0 Å². The fourth-order valence-electron chi connectivity index (χ4n) is 1.25. The van der Waals surface area contributed by atoms with Gasteiger partial charge in [-0.1, -0.05) is 0 Å². The Morgan fingerprint density at radius 2 is 2.09 bits per heavy atom. The third-order valence-electron chi connectivity index (χ3n) is 1.91. The lowest BCUT2D eigenvalue weighted by Crippen LogP contribution is -2.50. The summed E-state index contributed by atoms with van der Waals surface area (Å²) in [4.78, 5) is 0. The van der Waals surface area contributed by atoms with E-state index in [4.69, 9.17) is 5.73 Å². The third-order valence-corrected chi connectivity index (χ3v) is 1.91. The second-order valence-electron chi connectivity index (χ2n) is 2.77. The monoisotopic (exact) mass is 168 g/mol. The van der Waals surface area contributed by atoms with Gasteiger partial charge in [-0.15, -0.1) is 0 Å². The third kappa shape index (κ3) is 2.07. The lowest BCUT2D eigenvalue weighted by atomic mass is 10.1. The number of hydrogen-bond donors (Lipinski definition) is 2. The van der Waals surface area contributed by atoms with E-state index in [1.165, 1.54) is 0 Å². The Labute approximate surface area is 62.9 Å². The summed E-state index contributed by atoms with van der Waals surface area (Å²) in [5, 5.41) is 2.72. The molecule has 0 spiro atoms. The number of hydrogen-bond acceptors (Lipinski definition) is 2. The van der Waals surface area contributed by atoms with E-state index in [0.717, 1.165) is 6.42 Å². The van der Waals surface area contributed by atoms with Gasteiger partial charge in [0.05, 0.1) is 0 Å². The van der Waals surface area contributed by atoms with E-state index in [0.29, 0.717) is 13.0 Å². The van der Waals surface area contributed by atoms with Crippen molar-refractivity contribution < 1.29 is 13.2 Å². The molecule has 2 nitrogen and oxygen atoms in total. The number of nitrogens with two attached hydrogens (primary N) is 1. The number of halogens is 3. The molecule has 0 unspecified atom stereocenters. The van der Waals surface area contributed by atoms with E-state index in [1.54, 1.807) is 0 Å². The van der Waals surface area contributed by atoms with Crippen molar-refractivity contribution in [2.45, 2.75) is 31.1 Å². The highest BCUT2D eigenvalue weighted by atomic mass is 19.4. The summed E-state index contributed by atoms with van der Waals surface area (Å²) in [6.07, 6.45) is -2.95. The quantitative estimate of drug-likeness (QED) is 0.602. The molecule has 1 rings (SSSR count). The Kier molecular flexibility index (Phi) is 2.39. The molecule has 0 bridgehead atoms. The molecule has 66 valence electrons. The van der Waals surface area contributed by atoms with Crippen LogP contribution in [0, 0.1) is 0 Å². The first kappa shape index (κ1) is 8.80. The van der Waals surface area contributed by atoms with Gasteiger partial charge in [0.2, 0.25) is 0 Å². The molecule has 1 aliphatic rings. The second kappa shape index (κ2) is 2.98. The van der Waals surface area contributed by atoms with E-state index in [9.17, 15) is 13.2 Å². The van der Waals surface area contributed by atoms with Crippen molar-refractivity contribution >= 4 is 0 Å². The van der Waals surface area contributed by atoms with Crippen LogP contribution < -0.4 is 11.1 Å². The van der Waals surface area contributed by atoms with E-state index >= 15 is 0 Å². The molecule has 3 N–H and O–H groups in total. The maximum Gasteiger partial charge on any atom is 0.405 e. The fraction of sp³-hybridized carbons (Fsp3) is 1.00. The summed E-state index contributed by atoms with van der Waals surface area (Å²) in [6.45, 7) is 0.647. The molecule has 1 saturated heterocycles. The van der Waals surface area contributed by atoms with Gasteiger partial charge in [0.25, 0.3) is 0 Å². The van der Waals surface area contributed by atoms with E-state index in [1.807, 2.05) is 0 Å². The smallest absolute Gasteiger partial charge is 0.319 e. The molecule has 5 heteroatoms. The lowest BCUT2D eigenvalue weighted by Gasteiger charge is -2.21. The van der Waals surface area contributed by atoms with Crippen LogP contribution in [0.25, 0.3) is 0 Å². The minimum absolute atomic E-state index is 0.528. The Morgan fingerprint density at radius 3 is 2.45 bits per heavy atom. The van der Waals surface area contributed by atoms with Gasteiger partial charge in [-0.25, -0.2) is 0 Å². The number of alkyl halides is 3. The molecule has 1 fully saturated rings. The largest absolute Gasteiger partial charge is 0.405 e. The van der Waals surface area contributed by atoms with Crippen molar-refractivity contribution in [3.8, 4) is 0 Å². The maximum atomic E-state index is 11.9. The van der Waals surface area contributed by atoms with Gasteiger partial charge in [-0.2, -0.15) is 13.2 Å². The van der Waals surface area contributed by atoms with Crippen molar-refractivity contribution in [2.75, 3.05) is 6.54 Å². The maximum absolute atomic E-state index is 11.9. The minimum Gasteiger partial charge on any atom is -0.319 e. The molecule has 0 aromatic carbocycles. The summed E-state index contributed by atoms with van der Waals surface area (Å²) in [6, 6.07) is -2.28. The van der Waals surface area contributed by atoms with E-state index in [2.05, 4.69) is 5.32 Å². The Morgan fingerprint density at radius 1 is 1.45 bits per heavy atom. The van der Waals surface area contributed by atoms with Crippen LogP contribution in [0.1, 0.15) is 12.8 Å². The summed E-state index contributed by atoms with van der Waals surface area (Å²) in [5.74, 6) is 0. The Bertz CT molecular complexity index is 128. The van der Waals surface area contributed by atoms with Crippen LogP contribution in [0.5, 0.6) is 0 Å². The van der Waals surface area contributed by atoms with Crippen molar-refractivity contribution in [3.63, 3.8) is 0 Å². The van der Waals surface area contributed by atoms with Crippen LogP contribution in [-0.4, -0.2) is 24.8 Å². The molecule has 11 heavy (non-hydrogen) atoms. The summed E-state index contributed by atoms with van der Waals surface area (Å²) in [7, 11) is 0. The summed E-state index contributed by atoms with van der Waals surface area (Å²) in [5.41, 5.74) is 4.97. The van der Waals surface area contributed by atoms with Gasteiger partial charge in [0, 0.05) is 6.04 Å². The zero-order valence-corrected chi connectivity index (χ0v) is 5.99. The van der Waals surface area contributed by atoms with Crippen molar-refractivity contribution in [3.05, 3.63) is 0 Å². The first-order valence-corrected chi connectivity index (χ1v) is 3.57. The molecular formula is C6H11F3N2. The van der Waals surface area contributed by atoms with Gasteiger partial charge < -0.3 is 11.1 Å². The molecule has 0 aromatic rings. The van der Waals surface area contributed by atoms with Crippen LogP contribution in [0.3, 0.4) is 0 Å². The van der Waals surface area contributed by atoms with Gasteiger partial charge in [-0.05, 0) is 19.4 Å². The normalized spacial score (nSPS) is 28.9. The van der Waals surface area contributed by atoms with Crippen molar-refractivity contribution in [2.24, 2.45) is 5.73 Å². The Balaban J connectivity index is 2.46. The molecule has 0 amide bonds. The first-order valence-electron chi connectivity index (χ1n) is 3.57. The SMILES string of the molecule is N[C@H]([C@@H]1CCCN1)C(F)(F)F. The molecule has 2 atom stereocenters. The molecular weight excluding hydrogens is 157 g/mol. The highest BCUT2D eigenvalue weighted by Gasteiger charge is 2.42. The van der Waals surface area contributed by atoms with Crippen LogP contribution in [0.2, 0.25) is 0 Å². The summed E-state index contributed by atoms with van der Waals surface area (Å²) < 4.78 is 35.8. The average Bonchev–Trinajstić information content (AvgIpc) is 2.34. The highest BCUT2D eigenvalue weighted by molar-refractivity contribution is 4.88. The van der Waals surface area contributed by atoms with E-state index in [-0.39, 0.29) is 0 Å². The predicted molar refractivity (Wildman–Crippen MR) is 35.1 cm³/mol. The van der Waals surface area contributed by atoms with Gasteiger partial charge >= 0.3 is 6.18 Å². The zero-order valence-electron chi connectivity index (χ0n) is 5.99. The topological polar surface area (TPSA) is 38.0 Å². The molecule has 0 aliphatic carbocycles.